The Morgan fingerprint density at radius 1 is 1.00 bits per heavy atom. The SMILES string of the molecule is Cc1ccccc1C(C)(N)c1ccc(F)cc1. The number of nitrogens with two attached hydrogens (primary N) is 1. The summed E-state index contributed by atoms with van der Waals surface area (Å²) in [4.78, 5) is 0. The zero-order valence-corrected chi connectivity index (χ0v) is 10.1. The van der Waals surface area contributed by atoms with Crippen molar-refractivity contribution in [3.05, 3.63) is 71.0 Å². The molecular formula is C15H16FN. The molecule has 17 heavy (non-hydrogen) atoms. The van der Waals surface area contributed by atoms with E-state index < -0.39 is 5.54 Å². The number of rotatable bonds is 2. The molecule has 1 nitrogen and oxygen atoms in total. The second-order valence-corrected chi connectivity index (χ2v) is 4.52. The molecule has 2 N–H and O–H groups in total. The number of halogens is 1. The molecule has 0 saturated heterocycles. The maximum absolute atomic E-state index is 12.9. The highest BCUT2D eigenvalue weighted by atomic mass is 19.1. The molecule has 2 rings (SSSR count). The Morgan fingerprint density at radius 2 is 1.59 bits per heavy atom. The predicted octanol–water partition coefficient (Wildman–Crippen LogP) is 3.36. The molecule has 0 aliphatic rings. The fourth-order valence-electron chi connectivity index (χ4n) is 2.11. The lowest BCUT2D eigenvalue weighted by Gasteiger charge is -2.27. The number of hydrogen-bond acceptors (Lipinski definition) is 1. The first-order chi connectivity index (χ1) is 8.01. The lowest BCUT2D eigenvalue weighted by atomic mass is 9.83. The van der Waals surface area contributed by atoms with Crippen LogP contribution in [0.2, 0.25) is 0 Å². The van der Waals surface area contributed by atoms with E-state index in [1.807, 2.05) is 38.1 Å². The topological polar surface area (TPSA) is 26.0 Å². The maximum Gasteiger partial charge on any atom is 0.123 e. The van der Waals surface area contributed by atoms with Gasteiger partial charge in [-0.2, -0.15) is 0 Å². The Labute approximate surface area is 101 Å². The second-order valence-electron chi connectivity index (χ2n) is 4.52. The Morgan fingerprint density at radius 3 is 2.18 bits per heavy atom. The van der Waals surface area contributed by atoms with Crippen LogP contribution in [0.15, 0.2) is 48.5 Å². The number of aryl methyl sites for hydroxylation is 1. The van der Waals surface area contributed by atoms with E-state index in [9.17, 15) is 4.39 Å². The van der Waals surface area contributed by atoms with Gasteiger partial charge in [-0.15, -0.1) is 0 Å². The Kier molecular flexibility index (Phi) is 2.99. The third-order valence-electron chi connectivity index (χ3n) is 3.15. The Bertz CT molecular complexity index is 515. The molecule has 0 radical (unpaired) electrons. The average molecular weight is 229 g/mol. The summed E-state index contributed by atoms with van der Waals surface area (Å²) >= 11 is 0. The van der Waals surface area contributed by atoms with Gasteiger partial charge in [0.1, 0.15) is 5.82 Å². The smallest absolute Gasteiger partial charge is 0.123 e. The average Bonchev–Trinajstić information content (AvgIpc) is 2.30. The molecule has 2 aromatic rings. The van der Waals surface area contributed by atoms with Crippen LogP contribution in [0.1, 0.15) is 23.6 Å². The second kappa shape index (κ2) is 4.30. The molecule has 88 valence electrons. The normalized spacial score (nSPS) is 14.4. The fraction of sp³-hybridized carbons (Fsp3) is 0.200. The van der Waals surface area contributed by atoms with Gasteiger partial charge in [0, 0.05) is 0 Å². The van der Waals surface area contributed by atoms with Crippen LogP contribution in [0.5, 0.6) is 0 Å². The maximum atomic E-state index is 12.9. The number of hydrogen-bond donors (Lipinski definition) is 1. The van der Waals surface area contributed by atoms with Crippen molar-refractivity contribution in [1.82, 2.24) is 0 Å². The molecule has 0 aromatic heterocycles. The van der Waals surface area contributed by atoms with Gasteiger partial charge in [-0.05, 0) is 42.7 Å². The first-order valence-corrected chi connectivity index (χ1v) is 5.63. The van der Waals surface area contributed by atoms with E-state index in [0.29, 0.717) is 0 Å². The van der Waals surface area contributed by atoms with Crippen LogP contribution < -0.4 is 5.73 Å². The lowest BCUT2D eigenvalue weighted by molar-refractivity contribution is 0.590. The van der Waals surface area contributed by atoms with E-state index in [2.05, 4.69) is 0 Å². The van der Waals surface area contributed by atoms with Crippen molar-refractivity contribution in [1.29, 1.82) is 0 Å². The fourth-order valence-corrected chi connectivity index (χ4v) is 2.11. The summed E-state index contributed by atoms with van der Waals surface area (Å²) in [6, 6.07) is 14.4. The molecule has 1 unspecified atom stereocenters. The Hall–Kier alpha value is -1.67. The highest BCUT2D eigenvalue weighted by Gasteiger charge is 2.24. The molecule has 1 atom stereocenters. The van der Waals surface area contributed by atoms with Crippen molar-refractivity contribution in [2.45, 2.75) is 19.4 Å². The van der Waals surface area contributed by atoms with Crippen molar-refractivity contribution in [2.24, 2.45) is 5.73 Å². The largest absolute Gasteiger partial charge is 0.318 e. The van der Waals surface area contributed by atoms with E-state index >= 15 is 0 Å². The molecule has 0 fully saturated rings. The zero-order chi connectivity index (χ0) is 12.5. The Balaban J connectivity index is 2.49. The highest BCUT2D eigenvalue weighted by molar-refractivity contribution is 5.41. The molecule has 0 aliphatic heterocycles. The molecule has 0 spiro atoms. The van der Waals surface area contributed by atoms with Crippen LogP contribution in [0.3, 0.4) is 0 Å². The summed E-state index contributed by atoms with van der Waals surface area (Å²) in [5, 5.41) is 0. The minimum atomic E-state index is -0.598. The van der Waals surface area contributed by atoms with Crippen LogP contribution >= 0.6 is 0 Å². The molecule has 0 aliphatic carbocycles. The van der Waals surface area contributed by atoms with E-state index in [0.717, 1.165) is 16.7 Å². The van der Waals surface area contributed by atoms with Gasteiger partial charge in [-0.1, -0.05) is 36.4 Å². The van der Waals surface area contributed by atoms with Crippen molar-refractivity contribution >= 4 is 0 Å². The zero-order valence-electron chi connectivity index (χ0n) is 10.1. The predicted molar refractivity (Wildman–Crippen MR) is 68.2 cm³/mol. The molecule has 0 bridgehead atoms. The van der Waals surface area contributed by atoms with Gasteiger partial charge < -0.3 is 5.73 Å². The molecular weight excluding hydrogens is 213 g/mol. The van der Waals surface area contributed by atoms with Gasteiger partial charge in [0.05, 0.1) is 5.54 Å². The quantitative estimate of drug-likeness (QED) is 0.839. The van der Waals surface area contributed by atoms with Crippen LogP contribution in [-0.2, 0) is 5.54 Å². The van der Waals surface area contributed by atoms with E-state index in [-0.39, 0.29) is 5.82 Å². The molecule has 2 heteroatoms. The van der Waals surface area contributed by atoms with Crippen LogP contribution in [0, 0.1) is 12.7 Å². The van der Waals surface area contributed by atoms with E-state index in [1.54, 1.807) is 12.1 Å². The number of benzene rings is 2. The monoisotopic (exact) mass is 229 g/mol. The highest BCUT2D eigenvalue weighted by Crippen LogP contribution is 2.28. The summed E-state index contributed by atoms with van der Waals surface area (Å²) < 4.78 is 12.9. The molecule has 0 amide bonds. The third-order valence-corrected chi connectivity index (χ3v) is 3.15. The minimum Gasteiger partial charge on any atom is -0.318 e. The molecule has 2 aromatic carbocycles. The first kappa shape index (κ1) is 11.8. The molecule has 0 saturated carbocycles. The standard InChI is InChI=1S/C15H16FN/c1-11-5-3-4-6-14(11)15(2,17)12-7-9-13(16)10-8-12/h3-10H,17H2,1-2H3. The summed E-state index contributed by atoms with van der Waals surface area (Å²) in [6.07, 6.45) is 0. The van der Waals surface area contributed by atoms with Gasteiger partial charge in [0.15, 0.2) is 0 Å². The van der Waals surface area contributed by atoms with Crippen molar-refractivity contribution < 1.29 is 4.39 Å². The van der Waals surface area contributed by atoms with E-state index in [1.165, 1.54) is 12.1 Å². The minimum absolute atomic E-state index is 0.241. The van der Waals surface area contributed by atoms with E-state index in [4.69, 9.17) is 5.73 Å². The van der Waals surface area contributed by atoms with Crippen LogP contribution in [-0.4, -0.2) is 0 Å². The van der Waals surface area contributed by atoms with Gasteiger partial charge >= 0.3 is 0 Å². The summed E-state index contributed by atoms with van der Waals surface area (Å²) in [5.74, 6) is -0.241. The third kappa shape index (κ3) is 2.22. The van der Waals surface area contributed by atoms with Crippen molar-refractivity contribution in [3.63, 3.8) is 0 Å². The van der Waals surface area contributed by atoms with Crippen molar-refractivity contribution in [3.8, 4) is 0 Å². The van der Waals surface area contributed by atoms with Crippen LogP contribution in [0.25, 0.3) is 0 Å². The van der Waals surface area contributed by atoms with Gasteiger partial charge in [0.2, 0.25) is 0 Å². The van der Waals surface area contributed by atoms with Crippen LogP contribution in [0.4, 0.5) is 4.39 Å². The summed E-state index contributed by atoms with van der Waals surface area (Å²) in [6.45, 7) is 3.98. The van der Waals surface area contributed by atoms with Gasteiger partial charge in [-0.25, -0.2) is 4.39 Å². The summed E-state index contributed by atoms with van der Waals surface area (Å²) in [7, 11) is 0. The lowest BCUT2D eigenvalue weighted by Crippen LogP contribution is -2.35. The summed E-state index contributed by atoms with van der Waals surface area (Å²) in [5.41, 5.74) is 8.90. The van der Waals surface area contributed by atoms with Gasteiger partial charge in [0.25, 0.3) is 0 Å². The molecule has 0 heterocycles. The van der Waals surface area contributed by atoms with Crippen molar-refractivity contribution in [2.75, 3.05) is 0 Å². The van der Waals surface area contributed by atoms with Gasteiger partial charge in [-0.3, -0.25) is 0 Å². The first-order valence-electron chi connectivity index (χ1n) is 5.63.